The van der Waals surface area contributed by atoms with Crippen LogP contribution >= 0.6 is 15.9 Å². The summed E-state index contributed by atoms with van der Waals surface area (Å²) in [4.78, 5) is 17.0. The van der Waals surface area contributed by atoms with Gasteiger partial charge in [0.2, 0.25) is 5.91 Å². The number of pyridine rings is 1. The number of halogens is 4. The van der Waals surface area contributed by atoms with Crippen LogP contribution in [0.2, 0.25) is 0 Å². The molecule has 0 fully saturated rings. The van der Waals surface area contributed by atoms with Crippen molar-refractivity contribution in [3.8, 4) is 0 Å². The van der Waals surface area contributed by atoms with Gasteiger partial charge in [-0.25, -0.2) is 4.98 Å². The van der Waals surface area contributed by atoms with E-state index >= 15 is 0 Å². The van der Waals surface area contributed by atoms with Crippen LogP contribution < -0.4 is 5.32 Å². The van der Waals surface area contributed by atoms with Crippen molar-refractivity contribution in [3.05, 3.63) is 22.3 Å². The molecule has 4 nitrogen and oxygen atoms in total. The Morgan fingerprint density at radius 2 is 2.00 bits per heavy atom. The molecule has 0 bridgehead atoms. The average Bonchev–Trinajstić information content (AvgIpc) is 2.37. The lowest BCUT2D eigenvalue weighted by atomic mass is 10.2. The number of likely N-dealkylation sites (N-methyl/N-ethyl adjacent to an activating group) is 1. The number of carbonyl (C=O) groups excluding carboxylic acids is 1. The van der Waals surface area contributed by atoms with Gasteiger partial charge in [0.15, 0.2) is 0 Å². The average molecular weight is 354 g/mol. The van der Waals surface area contributed by atoms with Crippen molar-refractivity contribution in [2.75, 3.05) is 25.0 Å². The molecule has 0 saturated carbocycles. The second-order valence-corrected chi connectivity index (χ2v) is 4.88. The fraction of sp³-hybridized carbons (Fsp3) is 0.500. The molecular formula is C12H15BrF3N3O. The van der Waals surface area contributed by atoms with Gasteiger partial charge in [-0.3, -0.25) is 4.79 Å². The molecule has 1 rings (SSSR count). The summed E-state index contributed by atoms with van der Waals surface area (Å²) in [6, 6.07) is 0.928. The van der Waals surface area contributed by atoms with Crippen molar-refractivity contribution in [2.45, 2.75) is 20.0 Å². The van der Waals surface area contributed by atoms with Gasteiger partial charge in [0, 0.05) is 23.8 Å². The van der Waals surface area contributed by atoms with Crippen LogP contribution in [0.5, 0.6) is 0 Å². The number of hydrogen-bond acceptors (Lipinski definition) is 3. The van der Waals surface area contributed by atoms with Crippen LogP contribution in [0, 0.1) is 0 Å². The Labute approximate surface area is 123 Å². The Hall–Kier alpha value is -1.31. The van der Waals surface area contributed by atoms with Gasteiger partial charge in [-0.15, -0.1) is 0 Å². The first-order chi connectivity index (χ1) is 9.29. The Bertz CT molecular complexity index is 476. The third-order valence-electron chi connectivity index (χ3n) is 2.68. The van der Waals surface area contributed by atoms with E-state index in [1.54, 1.807) is 13.8 Å². The topological polar surface area (TPSA) is 45.2 Å². The highest BCUT2D eigenvalue weighted by atomic mass is 79.9. The summed E-state index contributed by atoms with van der Waals surface area (Å²) in [5, 5.41) is 2.45. The normalized spacial score (nSPS) is 11.3. The van der Waals surface area contributed by atoms with Crippen molar-refractivity contribution in [3.63, 3.8) is 0 Å². The van der Waals surface area contributed by atoms with Crippen LogP contribution in [0.4, 0.5) is 19.0 Å². The van der Waals surface area contributed by atoms with Gasteiger partial charge < -0.3 is 10.2 Å². The molecule has 112 valence electrons. The maximum Gasteiger partial charge on any atom is 0.419 e. The van der Waals surface area contributed by atoms with Crippen LogP contribution in [0.3, 0.4) is 0 Å². The first kappa shape index (κ1) is 16.7. The number of aromatic nitrogens is 1. The molecule has 0 atom stereocenters. The molecule has 0 aliphatic heterocycles. The van der Waals surface area contributed by atoms with E-state index in [4.69, 9.17) is 0 Å². The van der Waals surface area contributed by atoms with E-state index in [0.29, 0.717) is 13.1 Å². The Morgan fingerprint density at radius 3 is 2.50 bits per heavy atom. The molecule has 1 amide bonds. The van der Waals surface area contributed by atoms with Gasteiger partial charge in [0.1, 0.15) is 5.82 Å². The SMILES string of the molecule is CCN(CC)C(=O)CNc1ncc(Br)cc1C(F)(F)F. The van der Waals surface area contributed by atoms with E-state index in [1.807, 2.05) is 0 Å². The summed E-state index contributed by atoms with van der Waals surface area (Å²) in [6.07, 6.45) is -3.28. The summed E-state index contributed by atoms with van der Waals surface area (Å²) in [6.45, 7) is 4.41. The maximum atomic E-state index is 12.8. The summed E-state index contributed by atoms with van der Waals surface area (Å²) in [5.41, 5.74) is -0.903. The number of anilines is 1. The molecule has 0 unspecified atom stereocenters. The molecule has 8 heteroatoms. The van der Waals surface area contributed by atoms with Crippen LogP contribution in [0.1, 0.15) is 19.4 Å². The van der Waals surface area contributed by atoms with Crippen molar-refractivity contribution in [1.82, 2.24) is 9.88 Å². The fourth-order valence-corrected chi connectivity index (χ4v) is 1.97. The smallest absolute Gasteiger partial charge is 0.360 e. The predicted molar refractivity (Wildman–Crippen MR) is 73.4 cm³/mol. The highest BCUT2D eigenvalue weighted by Crippen LogP contribution is 2.35. The van der Waals surface area contributed by atoms with Crippen LogP contribution in [0.25, 0.3) is 0 Å². The zero-order chi connectivity index (χ0) is 15.3. The van der Waals surface area contributed by atoms with Crippen molar-refractivity contribution in [1.29, 1.82) is 0 Å². The Morgan fingerprint density at radius 1 is 1.40 bits per heavy atom. The Kier molecular flexibility index (Phi) is 5.79. The van der Waals surface area contributed by atoms with Crippen LogP contribution in [-0.4, -0.2) is 35.4 Å². The summed E-state index contributed by atoms with van der Waals surface area (Å²) in [7, 11) is 0. The standard InChI is InChI=1S/C12H15BrF3N3O/c1-3-19(4-2)10(20)7-18-11-9(12(14,15)16)5-8(13)6-17-11/h5-6H,3-4,7H2,1-2H3,(H,17,18). The largest absolute Gasteiger partial charge is 0.419 e. The number of carbonyl (C=O) groups is 1. The molecule has 0 aliphatic rings. The van der Waals surface area contributed by atoms with Crippen LogP contribution in [0.15, 0.2) is 16.7 Å². The zero-order valence-electron chi connectivity index (χ0n) is 11.1. The molecule has 1 aromatic rings. The lowest BCUT2D eigenvalue weighted by Gasteiger charge is -2.20. The minimum atomic E-state index is -4.53. The van der Waals surface area contributed by atoms with E-state index in [1.165, 1.54) is 11.1 Å². The third kappa shape index (κ3) is 4.36. The zero-order valence-corrected chi connectivity index (χ0v) is 12.7. The molecular weight excluding hydrogens is 339 g/mol. The molecule has 0 aromatic carbocycles. The highest BCUT2D eigenvalue weighted by molar-refractivity contribution is 9.10. The number of amides is 1. The number of alkyl halides is 3. The molecule has 0 saturated heterocycles. The van der Waals surface area contributed by atoms with E-state index < -0.39 is 11.7 Å². The summed E-state index contributed by atoms with van der Waals surface area (Å²) >= 11 is 2.95. The maximum absolute atomic E-state index is 12.8. The van der Waals surface area contributed by atoms with Gasteiger partial charge in [-0.1, -0.05) is 0 Å². The molecule has 0 aliphatic carbocycles. The molecule has 1 heterocycles. The van der Waals surface area contributed by atoms with E-state index in [0.717, 1.165) is 6.07 Å². The van der Waals surface area contributed by atoms with E-state index in [-0.39, 0.29) is 22.7 Å². The van der Waals surface area contributed by atoms with Gasteiger partial charge in [0.25, 0.3) is 0 Å². The Balaban J connectivity index is 2.86. The quantitative estimate of drug-likeness (QED) is 0.884. The number of nitrogens with zero attached hydrogens (tertiary/aromatic N) is 2. The number of rotatable bonds is 5. The molecule has 20 heavy (non-hydrogen) atoms. The fourth-order valence-electron chi connectivity index (χ4n) is 1.64. The number of nitrogens with one attached hydrogen (secondary N) is 1. The lowest BCUT2D eigenvalue weighted by molar-refractivity contribution is -0.137. The van der Waals surface area contributed by atoms with E-state index in [9.17, 15) is 18.0 Å². The highest BCUT2D eigenvalue weighted by Gasteiger charge is 2.34. The third-order valence-corrected chi connectivity index (χ3v) is 3.12. The first-order valence-electron chi connectivity index (χ1n) is 6.04. The lowest BCUT2D eigenvalue weighted by Crippen LogP contribution is -2.35. The van der Waals surface area contributed by atoms with Crippen LogP contribution in [-0.2, 0) is 11.0 Å². The second kappa shape index (κ2) is 6.92. The number of hydrogen-bond donors (Lipinski definition) is 1. The van der Waals surface area contributed by atoms with Crippen molar-refractivity contribution < 1.29 is 18.0 Å². The molecule has 0 spiro atoms. The second-order valence-electron chi connectivity index (χ2n) is 3.97. The van der Waals surface area contributed by atoms with Gasteiger partial charge in [0.05, 0.1) is 12.1 Å². The molecule has 1 aromatic heterocycles. The van der Waals surface area contributed by atoms with Gasteiger partial charge in [-0.05, 0) is 35.8 Å². The van der Waals surface area contributed by atoms with Crippen molar-refractivity contribution >= 4 is 27.7 Å². The molecule has 1 N–H and O–H groups in total. The predicted octanol–water partition coefficient (Wildman–Crippen LogP) is 3.14. The molecule has 0 radical (unpaired) electrons. The first-order valence-corrected chi connectivity index (χ1v) is 6.83. The minimum Gasteiger partial charge on any atom is -0.360 e. The summed E-state index contributed by atoms with van der Waals surface area (Å²) < 4.78 is 38.8. The monoisotopic (exact) mass is 353 g/mol. The summed E-state index contributed by atoms with van der Waals surface area (Å²) in [5.74, 6) is -0.617. The van der Waals surface area contributed by atoms with E-state index in [2.05, 4.69) is 26.2 Å². The van der Waals surface area contributed by atoms with Crippen molar-refractivity contribution in [2.24, 2.45) is 0 Å². The van der Waals surface area contributed by atoms with Gasteiger partial charge >= 0.3 is 6.18 Å². The van der Waals surface area contributed by atoms with Gasteiger partial charge in [-0.2, -0.15) is 13.2 Å². The minimum absolute atomic E-state index is 0.223.